The fourth-order valence-corrected chi connectivity index (χ4v) is 1.68. The third kappa shape index (κ3) is 3.46. The van der Waals surface area contributed by atoms with Crippen LogP contribution in [0.2, 0.25) is 0 Å². The first-order valence-electron chi connectivity index (χ1n) is 5.11. The molecule has 1 rings (SSSR count). The first-order valence-corrected chi connectivity index (χ1v) is 5.11. The molecular weight excluding hydrogens is 164 g/mol. The lowest BCUT2D eigenvalue weighted by Crippen LogP contribution is -2.40. The Hall–Kier alpha value is -0.380. The maximum absolute atomic E-state index is 5.47. The van der Waals surface area contributed by atoms with Crippen LogP contribution in [-0.2, 0) is 4.74 Å². The van der Waals surface area contributed by atoms with Crippen LogP contribution >= 0.6 is 0 Å². The molecule has 76 valence electrons. The first kappa shape index (κ1) is 10.7. The summed E-state index contributed by atoms with van der Waals surface area (Å²) >= 11 is 0. The average Bonchev–Trinajstić information content (AvgIpc) is 2.21. The molecule has 1 aliphatic carbocycles. The molecule has 0 saturated heterocycles. The number of nitrogens with two attached hydrogens (primary N) is 1. The molecule has 0 spiro atoms. The summed E-state index contributed by atoms with van der Waals surface area (Å²) in [6.45, 7) is 3.45. The SMILES string of the molecule is CCOCC(NN)C1=CCCCC1. The van der Waals surface area contributed by atoms with Gasteiger partial charge in [-0.05, 0) is 32.6 Å². The summed E-state index contributed by atoms with van der Waals surface area (Å²) < 4.78 is 5.36. The highest BCUT2D eigenvalue weighted by atomic mass is 16.5. The molecule has 3 heteroatoms. The summed E-state index contributed by atoms with van der Waals surface area (Å²) in [4.78, 5) is 0. The van der Waals surface area contributed by atoms with Gasteiger partial charge in [0.25, 0.3) is 0 Å². The Morgan fingerprint density at radius 1 is 1.62 bits per heavy atom. The van der Waals surface area contributed by atoms with Gasteiger partial charge in [-0.25, -0.2) is 0 Å². The van der Waals surface area contributed by atoms with Gasteiger partial charge >= 0.3 is 0 Å². The highest BCUT2D eigenvalue weighted by molar-refractivity contribution is 5.12. The standard InChI is InChI=1S/C10H20N2O/c1-2-13-8-10(12-11)9-6-4-3-5-7-9/h6,10,12H,2-5,7-8,11H2,1H3. The van der Waals surface area contributed by atoms with Gasteiger partial charge in [0.05, 0.1) is 12.6 Å². The van der Waals surface area contributed by atoms with Crippen LogP contribution in [0.1, 0.15) is 32.6 Å². The minimum atomic E-state index is 0.222. The zero-order chi connectivity index (χ0) is 9.52. The fourth-order valence-electron chi connectivity index (χ4n) is 1.68. The van der Waals surface area contributed by atoms with E-state index in [2.05, 4.69) is 11.5 Å². The van der Waals surface area contributed by atoms with Crippen molar-refractivity contribution < 1.29 is 4.74 Å². The first-order chi connectivity index (χ1) is 6.38. The normalized spacial score (nSPS) is 19.7. The second kappa shape index (κ2) is 6.13. The lowest BCUT2D eigenvalue weighted by Gasteiger charge is -2.22. The largest absolute Gasteiger partial charge is 0.380 e. The monoisotopic (exact) mass is 184 g/mol. The van der Waals surface area contributed by atoms with E-state index in [9.17, 15) is 0 Å². The number of hydrogen-bond acceptors (Lipinski definition) is 3. The molecule has 0 bridgehead atoms. The van der Waals surface area contributed by atoms with E-state index in [4.69, 9.17) is 10.6 Å². The summed E-state index contributed by atoms with van der Waals surface area (Å²) in [5.74, 6) is 5.47. The van der Waals surface area contributed by atoms with Crippen LogP contribution in [-0.4, -0.2) is 19.3 Å². The molecule has 0 amide bonds. The van der Waals surface area contributed by atoms with E-state index in [0.717, 1.165) is 6.61 Å². The molecule has 0 aromatic rings. The number of rotatable bonds is 5. The average molecular weight is 184 g/mol. The number of hydrazine groups is 1. The van der Waals surface area contributed by atoms with Crippen LogP contribution in [0.25, 0.3) is 0 Å². The molecule has 1 aliphatic rings. The van der Waals surface area contributed by atoms with Crippen molar-refractivity contribution in [2.45, 2.75) is 38.6 Å². The topological polar surface area (TPSA) is 47.3 Å². The maximum atomic E-state index is 5.47. The Balaban J connectivity index is 2.39. The van der Waals surface area contributed by atoms with E-state index >= 15 is 0 Å². The summed E-state index contributed by atoms with van der Waals surface area (Å²) in [6, 6.07) is 0.222. The maximum Gasteiger partial charge on any atom is 0.0671 e. The molecule has 0 aromatic carbocycles. The van der Waals surface area contributed by atoms with E-state index in [-0.39, 0.29) is 6.04 Å². The number of allylic oxidation sites excluding steroid dienone is 1. The quantitative estimate of drug-likeness (QED) is 0.385. The number of hydrogen-bond donors (Lipinski definition) is 2. The lowest BCUT2D eigenvalue weighted by molar-refractivity contribution is 0.130. The molecule has 0 aromatic heterocycles. The van der Waals surface area contributed by atoms with E-state index in [1.54, 1.807) is 0 Å². The molecule has 1 atom stereocenters. The van der Waals surface area contributed by atoms with Crippen molar-refractivity contribution >= 4 is 0 Å². The summed E-state index contributed by atoms with van der Waals surface area (Å²) in [7, 11) is 0. The van der Waals surface area contributed by atoms with Crippen LogP contribution in [0, 0.1) is 0 Å². The smallest absolute Gasteiger partial charge is 0.0671 e. The highest BCUT2D eigenvalue weighted by Gasteiger charge is 2.14. The molecule has 1 unspecified atom stereocenters. The van der Waals surface area contributed by atoms with Crippen molar-refractivity contribution in [2.75, 3.05) is 13.2 Å². The number of ether oxygens (including phenoxy) is 1. The predicted molar refractivity (Wildman–Crippen MR) is 54.2 cm³/mol. The second-order valence-corrected chi connectivity index (χ2v) is 3.40. The van der Waals surface area contributed by atoms with Crippen LogP contribution in [0.5, 0.6) is 0 Å². The van der Waals surface area contributed by atoms with Gasteiger partial charge in [0.15, 0.2) is 0 Å². The van der Waals surface area contributed by atoms with Crippen molar-refractivity contribution in [1.29, 1.82) is 0 Å². The molecule has 0 aliphatic heterocycles. The summed E-state index contributed by atoms with van der Waals surface area (Å²) in [6.07, 6.45) is 7.26. The zero-order valence-corrected chi connectivity index (χ0v) is 8.38. The van der Waals surface area contributed by atoms with Gasteiger partial charge in [-0.15, -0.1) is 0 Å². The van der Waals surface area contributed by atoms with Crippen LogP contribution < -0.4 is 11.3 Å². The van der Waals surface area contributed by atoms with E-state index in [1.165, 1.54) is 31.3 Å². The minimum absolute atomic E-state index is 0.222. The van der Waals surface area contributed by atoms with E-state index < -0.39 is 0 Å². The molecule has 3 nitrogen and oxygen atoms in total. The van der Waals surface area contributed by atoms with Gasteiger partial charge in [-0.3, -0.25) is 11.3 Å². The number of nitrogens with one attached hydrogen (secondary N) is 1. The Bertz CT molecular complexity index is 168. The fraction of sp³-hybridized carbons (Fsp3) is 0.800. The molecule has 0 saturated carbocycles. The van der Waals surface area contributed by atoms with Crippen molar-refractivity contribution in [3.05, 3.63) is 11.6 Å². The summed E-state index contributed by atoms with van der Waals surface area (Å²) in [5.41, 5.74) is 4.23. The third-order valence-electron chi connectivity index (χ3n) is 2.46. The molecule has 0 radical (unpaired) electrons. The van der Waals surface area contributed by atoms with Crippen molar-refractivity contribution in [3.63, 3.8) is 0 Å². The van der Waals surface area contributed by atoms with Gasteiger partial charge in [-0.2, -0.15) is 0 Å². The Morgan fingerprint density at radius 3 is 3.00 bits per heavy atom. The van der Waals surface area contributed by atoms with Gasteiger partial charge in [0.2, 0.25) is 0 Å². The van der Waals surface area contributed by atoms with Crippen molar-refractivity contribution in [2.24, 2.45) is 5.84 Å². The predicted octanol–water partition coefficient (Wildman–Crippen LogP) is 1.36. The summed E-state index contributed by atoms with van der Waals surface area (Å²) in [5, 5.41) is 0. The minimum Gasteiger partial charge on any atom is -0.380 e. The molecule has 0 heterocycles. The van der Waals surface area contributed by atoms with Crippen LogP contribution in [0.4, 0.5) is 0 Å². The van der Waals surface area contributed by atoms with E-state index in [1.807, 2.05) is 6.92 Å². The zero-order valence-electron chi connectivity index (χ0n) is 8.38. The Kier molecular flexibility index (Phi) is 5.05. The van der Waals surface area contributed by atoms with Gasteiger partial charge in [-0.1, -0.05) is 11.6 Å². The lowest BCUT2D eigenvalue weighted by atomic mass is 9.94. The van der Waals surface area contributed by atoms with Gasteiger partial charge in [0, 0.05) is 6.61 Å². The van der Waals surface area contributed by atoms with Crippen LogP contribution in [0.15, 0.2) is 11.6 Å². The van der Waals surface area contributed by atoms with Crippen LogP contribution in [0.3, 0.4) is 0 Å². The molecular formula is C10H20N2O. The van der Waals surface area contributed by atoms with Gasteiger partial charge in [0.1, 0.15) is 0 Å². The third-order valence-corrected chi connectivity index (χ3v) is 2.46. The molecule has 13 heavy (non-hydrogen) atoms. The molecule has 3 N–H and O–H groups in total. The Labute approximate surface area is 80.3 Å². The van der Waals surface area contributed by atoms with Crippen molar-refractivity contribution in [1.82, 2.24) is 5.43 Å². The Morgan fingerprint density at radius 2 is 2.46 bits per heavy atom. The van der Waals surface area contributed by atoms with Crippen molar-refractivity contribution in [3.8, 4) is 0 Å². The van der Waals surface area contributed by atoms with E-state index in [0.29, 0.717) is 6.61 Å². The highest BCUT2D eigenvalue weighted by Crippen LogP contribution is 2.20. The van der Waals surface area contributed by atoms with Gasteiger partial charge < -0.3 is 4.74 Å². The second-order valence-electron chi connectivity index (χ2n) is 3.40. The molecule has 0 fully saturated rings.